The van der Waals surface area contributed by atoms with E-state index in [-0.39, 0.29) is 17.6 Å². The summed E-state index contributed by atoms with van der Waals surface area (Å²) < 4.78 is 5.32. The molecule has 0 bridgehead atoms. The number of ketones is 1. The van der Waals surface area contributed by atoms with Gasteiger partial charge in [0.05, 0.1) is 13.2 Å². The molecule has 1 aromatic rings. The number of benzene rings is 1. The molecule has 6 heteroatoms. The molecule has 25 heavy (non-hydrogen) atoms. The van der Waals surface area contributed by atoms with Crippen molar-refractivity contribution in [3.63, 3.8) is 0 Å². The van der Waals surface area contributed by atoms with Crippen LogP contribution in [0.3, 0.4) is 0 Å². The van der Waals surface area contributed by atoms with Crippen molar-refractivity contribution in [3.05, 3.63) is 47.2 Å². The van der Waals surface area contributed by atoms with E-state index in [1.807, 2.05) is 18.0 Å². The van der Waals surface area contributed by atoms with Crippen molar-refractivity contribution in [1.29, 1.82) is 0 Å². The second-order valence-corrected chi connectivity index (χ2v) is 6.69. The van der Waals surface area contributed by atoms with Crippen LogP contribution in [-0.4, -0.2) is 35.1 Å². The lowest BCUT2D eigenvalue weighted by molar-refractivity contribution is -0.116. The molecule has 1 unspecified atom stereocenters. The van der Waals surface area contributed by atoms with E-state index in [0.717, 1.165) is 29.7 Å². The first-order chi connectivity index (χ1) is 12.0. The molecule has 0 radical (unpaired) electrons. The molecule has 132 valence electrons. The lowest BCUT2D eigenvalue weighted by Gasteiger charge is -2.39. The van der Waals surface area contributed by atoms with Crippen LogP contribution in [0, 0.1) is 0 Å². The summed E-state index contributed by atoms with van der Waals surface area (Å²) in [6, 6.07) is 3.32. The van der Waals surface area contributed by atoms with Crippen LogP contribution in [0.4, 0.5) is 0 Å². The van der Waals surface area contributed by atoms with Crippen molar-refractivity contribution >= 4 is 23.1 Å². The van der Waals surface area contributed by atoms with Gasteiger partial charge in [0.25, 0.3) is 0 Å². The SMILES string of the molecule is C=CCc1cc(C2NC(=S)N(C)C3=C2C(=O)CCC3)cc(OC)c1O. The summed E-state index contributed by atoms with van der Waals surface area (Å²) in [6.07, 6.45) is 4.46. The van der Waals surface area contributed by atoms with E-state index in [0.29, 0.717) is 29.3 Å². The largest absolute Gasteiger partial charge is 0.504 e. The number of hydrogen-bond acceptors (Lipinski definition) is 4. The summed E-state index contributed by atoms with van der Waals surface area (Å²) >= 11 is 5.46. The number of ether oxygens (including phenoxy) is 1. The van der Waals surface area contributed by atoms with Gasteiger partial charge in [0, 0.05) is 30.3 Å². The second kappa shape index (κ2) is 6.88. The molecule has 1 aliphatic carbocycles. The Bertz CT molecular complexity index is 785. The molecule has 0 saturated carbocycles. The van der Waals surface area contributed by atoms with Gasteiger partial charge in [0.15, 0.2) is 22.4 Å². The molecule has 5 nitrogen and oxygen atoms in total. The summed E-state index contributed by atoms with van der Waals surface area (Å²) in [5.74, 6) is 0.627. The highest BCUT2D eigenvalue weighted by molar-refractivity contribution is 7.80. The van der Waals surface area contributed by atoms with Crippen molar-refractivity contribution in [2.75, 3.05) is 14.2 Å². The Kier molecular flexibility index (Phi) is 4.81. The number of hydrogen-bond donors (Lipinski definition) is 2. The Hall–Kier alpha value is -2.34. The van der Waals surface area contributed by atoms with Crippen LogP contribution in [0.2, 0.25) is 0 Å². The summed E-state index contributed by atoms with van der Waals surface area (Å²) in [4.78, 5) is 14.5. The quantitative estimate of drug-likeness (QED) is 0.637. The number of phenols is 1. The summed E-state index contributed by atoms with van der Waals surface area (Å²) in [5, 5.41) is 14.2. The Labute approximate surface area is 153 Å². The van der Waals surface area contributed by atoms with E-state index < -0.39 is 0 Å². The normalized spacial score (nSPS) is 20.2. The minimum atomic E-state index is -0.329. The first-order valence-corrected chi connectivity index (χ1v) is 8.69. The van der Waals surface area contributed by atoms with E-state index >= 15 is 0 Å². The van der Waals surface area contributed by atoms with E-state index in [1.165, 1.54) is 7.11 Å². The van der Waals surface area contributed by atoms with Crippen LogP contribution < -0.4 is 10.1 Å². The summed E-state index contributed by atoms with van der Waals surface area (Å²) in [5.41, 5.74) is 3.31. The number of thiocarbonyl (C=S) groups is 1. The predicted octanol–water partition coefficient (Wildman–Crippen LogP) is 3.00. The van der Waals surface area contributed by atoms with Crippen LogP contribution >= 0.6 is 12.2 Å². The first kappa shape index (κ1) is 17.5. The molecule has 0 saturated heterocycles. The minimum Gasteiger partial charge on any atom is -0.504 e. The van der Waals surface area contributed by atoms with Gasteiger partial charge in [0.2, 0.25) is 0 Å². The fourth-order valence-corrected chi connectivity index (χ4v) is 3.74. The summed E-state index contributed by atoms with van der Waals surface area (Å²) in [7, 11) is 3.40. The first-order valence-electron chi connectivity index (χ1n) is 8.29. The van der Waals surface area contributed by atoms with Crippen molar-refractivity contribution < 1.29 is 14.6 Å². The molecular weight excluding hydrogens is 336 g/mol. The topological polar surface area (TPSA) is 61.8 Å². The van der Waals surface area contributed by atoms with Crippen LogP contribution in [-0.2, 0) is 11.2 Å². The number of Topliss-reactive ketones (excluding diaryl/α,β-unsaturated/α-hetero) is 1. The lowest BCUT2D eigenvalue weighted by atomic mass is 9.84. The van der Waals surface area contributed by atoms with Gasteiger partial charge in [0.1, 0.15) is 0 Å². The van der Waals surface area contributed by atoms with Gasteiger partial charge in [-0.25, -0.2) is 0 Å². The predicted molar refractivity (Wildman–Crippen MR) is 101 cm³/mol. The third-order valence-corrected chi connectivity index (χ3v) is 5.18. The highest BCUT2D eigenvalue weighted by atomic mass is 32.1. The number of nitrogens with zero attached hydrogens (tertiary/aromatic N) is 1. The zero-order valence-electron chi connectivity index (χ0n) is 14.5. The van der Waals surface area contributed by atoms with Gasteiger partial charge >= 0.3 is 0 Å². The lowest BCUT2D eigenvalue weighted by Crippen LogP contribution is -2.47. The zero-order valence-corrected chi connectivity index (χ0v) is 15.3. The molecule has 2 N–H and O–H groups in total. The number of phenolic OH excluding ortho intramolecular Hbond substituents is 1. The van der Waals surface area contributed by atoms with E-state index in [4.69, 9.17) is 17.0 Å². The Morgan fingerprint density at radius 1 is 1.48 bits per heavy atom. The van der Waals surface area contributed by atoms with Gasteiger partial charge in [-0.15, -0.1) is 6.58 Å². The van der Waals surface area contributed by atoms with Crippen molar-refractivity contribution in [1.82, 2.24) is 10.2 Å². The van der Waals surface area contributed by atoms with E-state index in [2.05, 4.69) is 11.9 Å². The van der Waals surface area contributed by atoms with Crippen LogP contribution in [0.5, 0.6) is 11.5 Å². The van der Waals surface area contributed by atoms with Crippen molar-refractivity contribution in [2.24, 2.45) is 0 Å². The minimum absolute atomic E-state index is 0.103. The average Bonchev–Trinajstić information content (AvgIpc) is 2.60. The van der Waals surface area contributed by atoms with Crippen molar-refractivity contribution in [3.8, 4) is 11.5 Å². The average molecular weight is 358 g/mol. The Morgan fingerprint density at radius 3 is 2.92 bits per heavy atom. The van der Waals surface area contributed by atoms with Crippen LogP contribution in [0.25, 0.3) is 0 Å². The highest BCUT2D eigenvalue weighted by Gasteiger charge is 2.36. The smallest absolute Gasteiger partial charge is 0.173 e. The molecule has 2 aliphatic rings. The van der Waals surface area contributed by atoms with Crippen LogP contribution in [0.1, 0.15) is 36.4 Å². The molecule has 1 atom stereocenters. The molecule has 0 spiro atoms. The standard InChI is InChI=1S/C19H22N2O3S/c1-4-6-11-9-12(10-15(24-3)18(11)23)17-16-13(7-5-8-14(16)22)21(2)19(25)20-17/h4,9-10,17,23H,1,5-8H2,2-3H3,(H,20,25). The number of aromatic hydroxyl groups is 1. The molecule has 1 aliphatic heterocycles. The molecule has 3 rings (SSSR count). The maximum atomic E-state index is 12.6. The number of allylic oxidation sites excluding steroid dienone is 2. The number of nitrogens with one attached hydrogen (secondary N) is 1. The van der Waals surface area contributed by atoms with Crippen molar-refractivity contribution in [2.45, 2.75) is 31.7 Å². The number of rotatable bonds is 4. The molecular formula is C19H22N2O3S. The zero-order chi connectivity index (χ0) is 18.1. The number of carbonyl (C=O) groups excluding carboxylic acids is 1. The third-order valence-electron chi connectivity index (χ3n) is 4.79. The third kappa shape index (κ3) is 3.02. The molecule has 0 aromatic heterocycles. The van der Waals surface area contributed by atoms with E-state index in [9.17, 15) is 9.90 Å². The molecule has 1 aromatic carbocycles. The van der Waals surface area contributed by atoms with Crippen LogP contribution in [0.15, 0.2) is 36.1 Å². The maximum Gasteiger partial charge on any atom is 0.173 e. The van der Waals surface area contributed by atoms with Gasteiger partial charge in [-0.05, 0) is 49.2 Å². The Balaban J connectivity index is 2.15. The fourth-order valence-electron chi connectivity index (χ4n) is 3.51. The summed E-state index contributed by atoms with van der Waals surface area (Å²) in [6.45, 7) is 3.74. The molecule has 0 fully saturated rings. The van der Waals surface area contributed by atoms with Gasteiger partial charge in [-0.3, -0.25) is 4.79 Å². The molecule has 0 amide bonds. The van der Waals surface area contributed by atoms with Gasteiger partial charge in [-0.1, -0.05) is 6.08 Å². The van der Waals surface area contributed by atoms with Gasteiger partial charge < -0.3 is 20.1 Å². The fraction of sp³-hybridized carbons (Fsp3) is 0.368. The van der Waals surface area contributed by atoms with E-state index in [1.54, 1.807) is 12.1 Å². The Morgan fingerprint density at radius 2 is 2.24 bits per heavy atom. The second-order valence-electron chi connectivity index (χ2n) is 6.30. The number of carbonyl (C=O) groups is 1. The highest BCUT2D eigenvalue weighted by Crippen LogP contribution is 2.40. The molecule has 1 heterocycles. The van der Waals surface area contributed by atoms with Gasteiger partial charge in [-0.2, -0.15) is 0 Å². The number of methoxy groups -OCH3 is 1. The maximum absolute atomic E-state index is 12.6. The monoisotopic (exact) mass is 358 g/mol.